The van der Waals surface area contributed by atoms with Gasteiger partial charge in [-0.3, -0.25) is 0 Å². The Balaban J connectivity index is 1.62. The fourth-order valence-electron chi connectivity index (χ4n) is 2.48. The first-order valence-corrected chi connectivity index (χ1v) is 8.37. The van der Waals surface area contributed by atoms with Gasteiger partial charge in [-0.05, 0) is 41.6 Å². The smallest absolute Gasteiger partial charge is 0.216 e. The first kappa shape index (κ1) is 17.4. The molecule has 2 aromatic heterocycles. The number of tetrazole rings is 1. The number of aromatic nitrogens is 7. The number of nitrogens with zero attached hydrogens (tertiary/aromatic N) is 7. The summed E-state index contributed by atoms with van der Waals surface area (Å²) in [4.78, 5) is 1.50. The second-order valence-corrected chi connectivity index (χ2v) is 5.97. The van der Waals surface area contributed by atoms with Crippen LogP contribution in [0.4, 0.5) is 5.69 Å². The van der Waals surface area contributed by atoms with Crippen molar-refractivity contribution in [1.29, 1.82) is 5.26 Å². The monoisotopic (exact) mass is 393 g/mol. The van der Waals surface area contributed by atoms with Gasteiger partial charge in [-0.25, -0.2) is 0 Å². The molecule has 2 aromatic carbocycles. The minimum atomic E-state index is 0.207. The zero-order valence-corrected chi connectivity index (χ0v) is 15.2. The van der Waals surface area contributed by atoms with E-state index < -0.39 is 0 Å². The Hall–Kier alpha value is -3.97. The van der Waals surface area contributed by atoms with Gasteiger partial charge in [-0.2, -0.15) is 15.3 Å². The predicted molar refractivity (Wildman–Crippen MR) is 102 cm³/mol. The Bertz CT molecular complexity index is 1210. The number of aromatic amines is 1. The average molecular weight is 394 g/mol. The summed E-state index contributed by atoms with van der Waals surface area (Å²) in [7, 11) is 1.56. The van der Waals surface area contributed by atoms with E-state index in [1.165, 1.54) is 11.0 Å². The Morgan fingerprint density at radius 2 is 2.11 bits per heavy atom. The number of halogens is 1. The van der Waals surface area contributed by atoms with Crippen LogP contribution in [0.15, 0.2) is 42.6 Å². The SMILES string of the molecule is COc1ccc(-n2nc3ccc(NC=C(C#N)c4nn[nH]n4)cc3n2)cc1Cl. The van der Waals surface area contributed by atoms with Gasteiger partial charge in [0.25, 0.3) is 0 Å². The first-order valence-electron chi connectivity index (χ1n) is 7.99. The average Bonchev–Trinajstić information content (AvgIpc) is 3.38. The molecular weight excluding hydrogens is 382 g/mol. The zero-order valence-electron chi connectivity index (χ0n) is 14.5. The molecule has 0 unspecified atom stereocenters. The van der Waals surface area contributed by atoms with Gasteiger partial charge >= 0.3 is 0 Å². The van der Waals surface area contributed by atoms with Crippen LogP contribution in [0.25, 0.3) is 22.3 Å². The Morgan fingerprint density at radius 1 is 1.25 bits per heavy atom. The molecule has 11 heteroatoms. The van der Waals surface area contributed by atoms with Crippen molar-refractivity contribution in [3.63, 3.8) is 0 Å². The molecule has 2 N–H and O–H groups in total. The maximum Gasteiger partial charge on any atom is 0.216 e. The van der Waals surface area contributed by atoms with Crippen molar-refractivity contribution < 1.29 is 4.74 Å². The van der Waals surface area contributed by atoms with Gasteiger partial charge in [0.1, 0.15) is 28.4 Å². The zero-order chi connectivity index (χ0) is 19.5. The van der Waals surface area contributed by atoms with E-state index in [0.717, 1.165) is 5.69 Å². The van der Waals surface area contributed by atoms with Gasteiger partial charge in [0, 0.05) is 11.9 Å². The van der Waals surface area contributed by atoms with E-state index in [-0.39, 0.29) is 11.4 Å². The standard InChI is InChI=1S/C17H12ClN9O/c1-28-16-5-3-12(7-13(16)18)27-23-14-4-2-11(6-15(14)24-27)20-9-10(8-19)17-21-25-26-22-17/h2-7,9,20H,1H3,(H,21,22,25,26). The molecule has 0 spiro atoms. The van der Waals surface area contributed by atoms with Crippen LogP contribution in [0.5, 0.6) is 5.75 Å². The number of hydrogen-bond donors (Lipinski definition) is 2. The summed E-state index contributed by atoms with van der Waals surface area (Å²) in [6, 6.07) is 12.8. The van der Waals surface area contributed by atoms with Gasteiger partial charge in [-0.1, -0.05) is 11.6 Å². The summed E-state index contributed by atoms with van der Waals surface area (Å²) in [6.07, 6.45) is 1.50. The summed E-state index contributed by atoms with van der Waals surface area (Å²) in [5.41, 5.74) is 3.05. The van der Waals surface area contributed by atoms with Gasteiger partial charge in [0.15, 0.2) is 0 Å². The number of rotatable bonds is 5. The lowest BCUT2D eigenvalue weighted by atomic mass is 10.2. The molecule has 2 heterocycles. The Labute approximate surface area is 163 Å². The van der Waals surface area contributed by atoms with Gasteiger partial charge in [-0.15, -0.1) is 20.4 Å². The topological polar surface area (TPSA) is 130 Å². The van der Waals surface area contributed by atoms with E-state index >= 15 is 0 Å². The van der Waals surface area contributed by atoms with Gasteiger partial charge in [0.2, 0.25) is 5.82 Å². The summed E-state index contributed by atoms with van der Waals surface area (Å²) < 4.78 is 5.16. The van der Waals surface area contributed by atoms with Crippen LogP contribution < -0.4 is 10.1 Å². The van der Waals surface area contributed by atoms with Crippen molar-refractivity contribution in [2.75, 3.05) is 12.4 Å². The van der Waals surface area contributed by atoms with E-state index in [2.05, 4.69) is 36.1 Å². The number of benzene rings is 2. The van der Waals surface area contributed by atoms with E-state index in [1.807, 2.05) is 30.3 Å². The molecule has 4 rings (SSSR count). The van der Waals surface area contributed by atoms with Crippen LogP contribution in [0.2, 0.25) is 5.02 Å². The minimum absolute atomic E-state index is 0.207. The first-order chi connectivity index (χ1) is 13.7. The molecule has 138 valence electrons. The van der Waals surface area contributed by atoms with Crippen molar-refractivity contribution in [3.05, 3.63) is 53.4 Å². The number of fused-ring (bicyclic) bond motifs is 1. The molecule has 0 amide bonds. The van der Waals surface area contributed by atoms with Crippen LogP contribution in [-0.4, -0.2) is 42.7 Å². The molecular formula is C17H12ClN9O. The lowest BCUT2D eigenvalue weighted by Crippen LogP contribution is -1.98. The number of ether oxygens (including phenoxy) is 1. The number of allylic oxidation sites excluding steroid dienone is 1. The Morgan fingerprint density at radius 3 is 2.82 bits per heavy atom. The summed E-state index contributed by atoms with van der Waals surface area (Å²) in [5.74, 6) is 0.786. The van der Waals surface area contributed by atoms with Crippen molar-refractivity contribution in [2.24, 2.45) is 0 Å². The van der Waals surface area contributed by atoms with E-state index in [9.17, 15) is 5.26 Å². The van der Waals surface area contributed by atoms with Crippen LogP contribution in [0.1, 0.15) is 5.82 Å². The van der Waals surface area contributed by atoms with Crippen molar-refractivity contribution in [1.82, 2.24) is 35.6 Å². The summed E-state index contributed by atoms with van der Waals surface area (Å²) in [5, 5.41) is 35.0. The van der Waals surface area contributed by atoms with Crippen LogP contribution in [0, 0.1) is 11.3 Å². The molecule has 0 bridgehead atoms. The Kier molecular flexibility index (Phi) is 4.57. The van der Waals surface area contributed by atoms with Crippen molar-refractivity contribution in [3.8, 4) is 17.5 Å². The fourth-order valence-corrected chi connectivity index (χ4v) is 2.73. The highest BCUT2D eigenvalue weighted by atomic mass is 35.5. The quantitative estimate of drug-likeness (QED) is 0.494. The molecule has 0 aliphatic heterocycles. The van der Waals surface area contributed by atoms with Crippen LogP contribution in [0.3, 0.4) is 0 Å². The van der Waals surface area contributed by atoms with Gasteiger partial charge in [0.05, 0.1) is 17.8 Å². The highest BCUT2D eigenvalue weighted by Crippen LogP contribution is 2.26. The lowest BCUT2D eigenvalue weighted by Gasteiger charge is -2.04. The van der Waals surface area contributed by atoms with E-state index in [1.54, 1.807) is 19.2 Å². The third-order valence-electron chi connectivity index (χ3n) is 3.84. The highest BCUT2D eigenvalue weighted by molar-refractivity contribution is 6.32. The molecule has 0 atom stereocenters. The largest absolute Gasteiger partial charge is 0.495 e. The molecule has 4 aromatic rings. The van der Waals surface area contributed by atoms with E-state index in [4.69, 9.17) is 16.3 Å². The molecule has 0 aliphatic rings. The number of nitrogens with one attached hydrogen (secondary N) is 2. The molecule has 0 aliphatic carbocycles. The maximum absolute atomic E-state index is 9.21. The predicted octanol–water partition coefficient (Wildman–Crippen LogP) is 2.57. The molecule has 0 fully saturated rings. The van der Waals surface area contributed by atoms with Crippen LogP contribution >= 0.6 is 11.6 Å². The second kappa shape index (κ2) is 7.34. The number of nitriles is 1. The second-order valence-electron chi connectivity index (χ2n) is 5.56. The molecule has 0 saturated carbocycles. The molecule has 28 heavy (non-hydrogen) atoms. The number of anilines is 1. The lowest BCUT2D eigenvalue weighted by molar-refractivity contribution is 0.415. The fraction of sp³-hybridized carbons (Fsp3) is 0.0588. The third kappa shape index (κ3) is 3.34. The number of H-pyrrole nitrogens is 1. The van der Waals surface area contributed by atoms with Crippen LogP contribution in [-0.2, 0) is 0 Å². The normalized spacial score (nSPS) is 11.4. The van der Waals surface area contributed by atoms with Crippen molar-refractivity contribution in [2.45, 2.75) is 0 Å². The van der Waals surface area contributed by atoms with E-state index in [0.29, 0.717) is 27.5 Å². The molecule has 0 saturated heterocycles. The van der Waals surface area contributed by atoms with Crippen molar-refractivity contribution >= 4 is 33.9 Å². The maximum atomic E-state index is 9.21. The minimum Gasteiger partial charge on any atom is -0.495 e. The summed E-state index contributed by atoms with van der Waals surface area (Å²) in [6.45, 7) is 0. The van der Waals surface area contributed by atoms with Gasteiger partial charge < -0.3 is 10.1 Å². The molecule has 0 radical (unpaired) electrons. The highest BCUT2D eigenvalue weighted by Gasteiger charge is 2.09. The molecule has 10 nitrogen and oxygen atoms in total. The third-order valence-corrected chi connectivity index (χ3v) is 4.13. The summed E-state index contributed by atoms with van der Waals surface area (Å²) >= 11 is 6.18. The number of methoxy groups -OCH3 is 1. The number of hydrogen-bond acceptors (Lipinski definition) is 8.